The second-order valence-corrected chi connectivity index (χ2v) is 5.11. The summed E-state index contributed by atoms with van der Waals surface area (Å²) in [7, 11) is 0. The van der Waals surface area contributed by atoms with Gasteiger partial charge in [-0.05, 0) is 37.2 Å². The molecule has 15 heavy (non-hydrogen) atoms. The molecule has 1 amide bonds. The number of thioether (sulfide) groups is 1. The van der Waals surface area contributed by atoms with Gasteiger partial charge in [-0.25, -0.2) is 0 Å². The van der Waals surface area contributed by atoms with Crippen LogP contribution in [0.25, 0.3) is 0 Å². The lowest BCUT2D eigenvalue weighted by Crippen LogP contribution is -2.45. The fourth-order valence-electron chi connectivity index (χ4n) is 1.62. The lowest BCUT2D eigenvalue weighted by molar-refractivity contribution is -0.123. The average molecular weight is 232 g/mol. The Morgan fingerprint density at radius 1 is 1.67 bits per heavy atom. The van der Waals surface area contributed by atoms with Gasteiger partial charge in [-0.15, -0.1) is 0 Å². The van der Waals surface area contributed by atoms with Crippen LogP contribution < -0.4 is 11.1 Å². The molecule has 1 aliphatic carbocycles. The summed E-state index contributed by atoms with van der Waals surface area (Å²) in [5.74, 6) is 1.29. The molecule has 0 heterocycles. The van der Waals surface area contributed by atoms with E-state index >= 15 is 0 Å². The van der Waals surface area contributed by atoms with Crippen molar-refractivity contribution in [3.8, 4) is 0 Å². The highest BCUT2D eigenvalue weighted by Crippen LogP contribution is 2.25. The van der Waals surface area contributed by atoms with Crippen molar-refractivity contribution in [1.82, 2.24) is 5.32 Å². The molecular formula is C10H20N2O2S. The zero-order valence-corrected chi connectivity index (χ0v) is 9.93. The second kappa shape index (κ2) is 6.35. The number of hydrogen-bond acceptors (Lipinski definition) is 4. The van der Waals surface area contributed by atoms with Crippen LogP contribution in [0.5, 0.6) is 0 Å². The fraction of sp³-hybridized carbons (Fsp3) is 0.900. The quantitative estimate of drug-likeness (QED) is 0.600. The Morgan fingerprint density at radius 2 is 2.33 bits per heavy atom. The number of aliphatic hydroxyl groups excluding tert-OH is 1. The first-order valence-electron chi connectivity index (χ1n) is 5.33. The molecule has 0 aromatic rings. The van der Waals surface area contributed by atoms with E-state index in [2.05, 4.69) is 5.32 Å². The molecule has 5 heteroatoms. The largest absolute Gasteiger partial charge is 0.393 e. The first-order valence-corrected chi connectivity index (χ1v) is 6.73. The Bertz CT molecular complexity index is 208. The van der Waals surface area contributed by atoms with E-state index in [1.54, 1.807) is 11.8 Å². The Balaban J connectivity index is 2.07. The van der Waals surface area contributed by atoms with Crippen LogP contribution in [0, 0.1) is 5.92 Å². The number of carbonyl (C=O) groups is 1. The highest BCUT2D eigenvalue weighted by Gasteiger charge is 2.27. The molecule has 1 atom stereocenters. The predicted octanol–water partition coefficient (Wildman–Crippen LogP) is -0.0461. The highest BCUT2D eigenvalue weighted by atomic mass is 32.2. The summed E-state index contributed by atoms with van der Waals surface area (Å²) in [6, 6.07) is -0.387. The van der Waals surface area contributed by atoms with Crippen molar-refractivity contribution in [2.24, 2.45) is 11.7 Å². The second-order valence-electron chi connectivity index (χ2n) is 4.12. The van der Waals surface area contributed by atoms with Crippen LogP contribution in [0.4, 0.5) is 0 Å². The van der Waals surface area contributed by atoms with Crippen LogP contribution in [-0.2, 0) is 4.79 Å². The van der Waals surface area contributed by atoms with Gasteiger partial charge in [-0.3, -0.25) is 4.79 Å². The van der Waals surface area contributed by atoms with Gasteiger partial charge in [0.2, 0.25) is 5.91 Å². The Labute approximate surface area is 95.0 Å². The molecule has 0 bridgehead atoms. The van der Waals surface area contributed by atoms with Crippen molar-refractivity contribution in [1.29, 1.82) is 0 Å². The van der Waals surface area contributed by atoms with E-state index in [1.807, 2.05) is 6.26 Å². The molecule has 0 aromatic carbocycles. The highest BCUT2D eigenvalue weighted by molar-refractivity contribution is 7.98. The van der Waals surface area contributed by atoms with Gasteiger partial charge >= 0.3 is 0 Å². The standard InChI is InChI=1S/C10H20N2O2S/c1-15-3-2-9(11)10(14)12-6-7-4-8(13)5-7/h7-9,13H,2-6,11H2,1H3,(H,12,14)/t7?,8?,9-/m1/s1. The predicted molar refractivity (Wildman–Crippen MR) is 62.7 cm³/mol. The minimum atomic E-state index is -0.387. The molecule has 0 radical (unpaired) electrons. The van der Waals surface area contributed by atoms with Gasteiger partial charge in [0.1, 0.15) is 0 Å². The summed E-state index contributed by atoms with van der Waals surface area (Å²) in [5.41, 5.74) is 5.70. The normalized spacial score (nSPS) is 26.9. The van der Waals surface area contributed by atoms with Crippen LogP contribution >= 0.6 is 11.8 Å². The summed E-state index contributed by atoms with van der Waals surface area (Å²) in [6.07, 6.45) is 4.18. The third kappa shape index (κ3) is 4.40. The Morgan fingerprint density at radius 3 is 2.87 bits per heavy atom. The van der Waals surface area contributed by atoms with Gasteiger partial charge < -0.3 is 16.2 Å². The topological polar surface area (TPSA) is 75.4 Å². The van der Waals surface area contributed by atoms with E-state index in [9.17, 15) is 4.79 Å². The van der Waals surface area contributed by atoms with Gasteiger partial charge in [-0.1, -0.05) is 0 Å². The third-order valence-corrected chi connectivity index (χ3v) is 3.39. The molecule has 0 aromatic heterocycles. The van der Waals surface area contributed by atoms with Gasteiger partial charge in [0, 0.05) is 6.54 Å². The number of amides is 1. The lowest BCUT2D eigenvalue weighted by atomic mass is 9.82. The molecule has 4 N–H and O–H groups in total. The molecule has 1 fully saturated rings. The molecule has 0 unspecified atom stereocenters. The number of nitrogens with two attached hydrogens (primary N) is 1. The van der Waals surface area contributed by atoms with E-state index < -0.39 is 0 Å². The molecule has 4 nitrogen and oxygen atoms in total. The zero-order chi connectivity index (χ0) is 11.3. The minimum Gasteiger partial charge on any atom is -0.393 e. The van der Waals surface area contributed by atoms with Crippen molar-refractivity contribution in [2.75, 3.05) is 18.6 Å². The van der Waals surface area contributed by atoms with Crippen molar-refractivity contribution in [3.63, 3.8) is 0 Å². The van der Waals surface area contributed by atoms with E-state index in [1.165, 1.54) is 0 Å². The maximum absolute atomic E-state index is 11.5. The van der Waals surface area contributed by atoms with Gasteiger partial charge in [0.05, 0.1) is 12.1 Å². The third-order valence-electron chi connectivity index (χ3n) is 2.75. The SMILES string of the molecule is CSCC[C@@H](N)C(=O)NCC1CC(O)C1. The fourth-order valence-corrected chi connectivity index (χ4v) is 2.11. The number of aliphatic hydroxyl groups is 1. The van der Waals surface area contributed by atoms with E-state index in [0.29, 0.717) is 12.5 Å². The molecule has 1 rings (SSSR count). The van der Waals surface area contributed by atoms with E-state index in [4.69, 9.17) is 10.8 Å². The number of hydrogen-bond donors (Lipinski definition) is 3. The molecule has 0 saturated heterocycles. The summed E-state index contributed by atoms with van der Waals surface area (Å²) in [4.78, 5) is 11.5. The molecule has 0 aliphatic heterocycles. The van der Waals surface area contributed by atoms with Crippen molar-refractivity contribution in [3.05, 3.63) is 0 Å². The van der Waals surface area contributed by atoms with E-state index in [-0.39, 0.29) is 18.1 Å². The van der Waals surface area contributed by atoms with Crippen LogP contribution in [0.1, 0.15) is 19.3 Å². The average Bonchev–Trinajstić information content (AvgIpc) is 2.18. The first-order chi connectivity index (χ1) is 7.13. The van der Waals surface area contributed by atoms with Gasteiger partial charge in [0.25, 0.3) is 0 Å². The molecular weight excluding hydrogens is 212 g/mol. The monoisotopic (exact) mass is 232 g/mol. The molecule has 0 spiro atoms. The maximum Gasteiger partial charge on any atom is 0.236 e. The molecule has 1 saturated carbocycles. The van der Waals surface area contributed by atoms with Crippen LogP contribution in [0.15, 0.2) is 0 Å². The summed E-state index contributed by atoms with van der Waals surface area (Å²) in [6.45, 7) is 0.656. The maximum atomic E-state index is 11.5. The molecule has 1 aliphatic rings. The van der Waals surface area contributed by atoms with Crippen molar-refractivity contribution >= 4 is 17.7 Å². The number of nitrogens with one attached hydrogen (secondary N) is 1. The zero-order valence-electron chi connectivity index (χ0n) is 9.11. The summed E-state index contributed by atoms with van der Waals surface area (Å²) < 4.78 is 0. The smallest absolute Gasteiger partial charge is 0.236 e. The van der Waals surface area contributed by atoms with Crippen LogP contribution in [0.2, 0.25) is 0 Å². The van der Waals surface area contributed by atoms with Crippen LogP contribution in [0.3, 0.4) is 0 Å². The van der Waals surface area contributed by atoms with Gasteiger partial charge in [-0.2, -0.15) is 11.8 Å². The number of carbonyl (C=O) groups excluding carboxylic acids is 1. The molecule has 88 valence electrons. The van der Waals surface area contributed by atoms with Gasteiger partial charge in [0.15, 0.2) is 0 Å². The summed E-state index contributed by atoms with van der Waals surface area (Å²) >= 11 is 1.69. The van der Waals surface area contributed by atoms with Crippen molar-refractivity contribution in [2.45, 2.75) is 31.4 Å². The number of rotatable bonds is 6. The van der Waals surface area contributed by atoms with Crippen LogP contribution in [-0.4, -0.2) is 41.7 Å². The first kappa shape index (κ1) is 12.8. The lowest BCUT2D eigenvalue weighted by Gasteiger charge is -2.31. The summed E-state index contributed by atoms with van der Waals surface area (Å²) in [5, 5.41) is 11.9. The Kier molecular flexibility index (Phi) is 5.42. The van der Waals surface area contributed by atoms with Crippen molar-refractivity contribution < 1.29 is 9.90 Å². The minimum absolute atomic E-state index is 0.0644. The Hall–Kier alpha value is -0.260. The van der Waals surface area contributed by atoms with E-state index in [0.717, 1.165) is 25.0 Å².